The molecule has 14 heteroatoms. The van der Waals surface area contributed by atoms with Crippen molar-refractivity contribution in [3.63, 3.8) is 0 Å². The zero-order valence-corrected chi connectivity index (χ0v) is 21.6. The quantitative estimate of drug-likeness (QED) is 0.150. The van der Waals surface area contributed by atoms with Gasteiger partial charge in [0.2, 0.25) is 12.2 Å². The molecule has 206 valence electrons. The number of carbonyl (C=O) groups is 2. The highest BCUT2D eigenvalue weighted by Crippen LogP contribution is 2.33. The van der Waals surface area contributed by atoms with Gasteiger partial charge in [-0.05, 0) is 30.9 Å². The maximum absolute atomic E-state index is 13.3. The molecule has 1 aromatic carbocycles. The number of aliphatic hydroxyl groups is 3. The molecule has 0 radical (unpaired) electrons. The Kier molecular flexibility index (Phi) is 9.84. The molecule has 7 N–H and O–H groups in total. The number of ether oxygens (including phenoxy) is 1. The van der Waals surface area contributed by atoms with Gasteiger partial charge >= 0.3 is 5.97 Å². The van der Waals surface area contributed by atoms with Gasteiger partial charge < -0.3 is 40.4 Å². The number of carbonyl (C=O) groups excluding carboxylic acids is 1. The van der Waals surface area contributed by atoms with E-state index in [0.717, 1.165) is 10.9 Å². The zero-order valence-electron chi connectivity index (χ0n) is 20.6. The molecule has 2 aromatic rings. The van der Waals surface area contributed by atoms with Crippen LogP contribution in [0, 0.1) is 5.92 Å². The number of para-hydroxylation sites is 1. The Morgan fingerprint density at radius 2 is 1.86 bits per heavy atom. The molecule has 0 aliphatic carbocycles. The number of benzene rings is 1. The molecule has 8 atom stereocenters. The molecule has 1 amide bonds. The fourth-order valence-corrected chi connectivity index (χ4v) is 4.89. The van der Waals surface area contributed by atoms with Gasteiger partial charge in [0, 0.05) is 23.5 Å². The lowest BCUT2D eigenvalue weighted by Gasteiger charge is -2.41. The molecular formula is C23H34N3O10P. The van der Waals surface area contributed by atoms with Gasteiger partial charge in [0.15, 0.2) is 0 Å². The van der Waals surface area contributed by atoms with E-state index in [1.165, 1.54) is 6.92 Å². The standard InChI is InChI=1S/C23H34N3O10P/c1-11(2)8-17(26(37(33)34)36-23-20(29)19(28)18(27)12(3)35-23)21(30)25-16(22(31)32)9-13-10-24-15-7-5-4-6-14(13)15/h4-7,10-12,16-20,23-24,27-29,37H,8-9H2,1-3H3,(H,25,30)(H,31,32)(H,33,34)/t12-,16-,17-,18-,19+,20+,23?/m0/s1. The molecule has 1 saturated heterocycles. The van der Waals surface area contributed by atoms with Gasteiger partial charge in [-0.15, -0.1) is 0 Å². The summed E-state index contributed by atoms with van der Waals surface area (Å²) in [4.78, 5) is 44.3. The Morgan fingerprint density at radius 3 is 2.49 bits per heavy atom. The first-order chi connectivity index (χ1) is 17.4. The van der Waals surface area contributed by atoms with Crippen molar-refractivity contribution < 1.29 is 49.0 Å². The summed E-state index contributed by atoms with van der Waals surface area (Å²) in [7, 11) is -3.75. The third-order valence-corrected chi connectivity index (χ3v) is 7.00. The van der Waals surface area contributed by atoms with Crippen molar-refractivity contribution in [1.29, 1.82) is 0 Å². The molecule has 0 spiro atoms. The van der Waals surface area contributed by atoms with Gasteiger partial charge in [0.25, 0.3) is 8.18 Å². The zero-order chi connectivity index (χ0) is 27.4. The lowest BCUT2D eigenvalue weighted by atomic mass is 10.00. The van der Waals surface area contributed by atoms with E-state index < -0.39 is 62.8 Å². The van der Waals surface area contributed by atoms with Crippen LogP contribution in [0.4, 0.5) is 0 Å². The average molecular weight is 544 g/mol. The molecule has 0 bridgehead atoms. The number of aromatic amines is 1. The Labute approximate surface area is 213 Å². The van der Waals surface area contributed by atoms with Crippen LogP contribution in [0.3, 0.4) is 0 Å². The molecule has 1 aliphatic heterocycles. The van der Waals surface area contributed by atoms with Gasteiger partial charge in [-0.3, -0.25) is 14.2 Å². The molecular weight excluding hydrogens is 509 g/mol. The second-order valence-electron chi connectivity index (χ2n) is 9.50. The minimum Gasteiger partial charge on any atom is -0.480 e. The van der Waals surface area contributed by atoms with Crippen LogP contribution in [-0.4, -0.2) is 89.8 Å². The first-order valence-electron chi connectivity index (χ1n) is 11.9. The predicted octanol–water partition coefficient (Wildman–Crippen LogP) is 0.138. The Balaban J connectivity index is 1.82. The van der Waals surface area contributed by atoms with Crippen LogP contribution < -0.4 is 5.32 Å². The first kappa shape index (κ1) is 29.2. The molecule has 1 aliphatic rings. The molecule has 37 heavy (non-hydrogen) atoms. The van der Waals surface area contributed by atoms with Gasteiger partial charge in [-0.1, -0.05) is 36.9 Å². The molecule has 2 unspecified atom stereocenters. The third-order valence-electron chi connectivity index (χ3n) is 6.21. The molecule has 3 rings (SSSR count). The maximum Gasteiger partial charge on any atom is 0.326 e. The summed E-state index contributed by atoms with van der Waals surface area (Å²) in [6.45, 7) is 4.91. The van der Waals surface area contributed by atoms with E-state index in [-0.39, 0.29) is 18.8 Å². The average Bonchev–Trinajstić information content (AvgIpc) is 3.24. The van der Waals surface area contributed by atoms with Crippen molar-refractivity contribution in [3.05, 3.63) is 36.0 Å². The minimum atomic E-state index is -3.75. The monoisotopic (exact) mass is 543 g/mol. The number of nitrogens with one attached hydrogen (secondary N) is 2. The SMILES string of the molecule is CC(C)C[C@@H](C(=O)N[C@@H](Cc1c[nH]c2ccccc12)C(=O)O)N(OC1O[C@@H](C)[C@H](O)[C@@H](O)[C@H]1O)[PH](=O)O. The lowest BCUT2D eigenvalue weighted by molar-refractivity contribution is -0.342. The number of H-pyrrole nitrogens is 1. The minimum absolute atomic E-state index is 0.00816. The van der Waals surface area contributed by atoms with Crippen LogP contribution in [0.5, 0.6) is 0 Å². The number of aromatic nitrogens is 1. The van der Waals surface area contributed by atoms with Crippen molar-refractivity contribution in [3.8, 4) is 0 Å². The summed E-state index contributed by atoms with van der Waals surface area (Å²) in [5.41, 5.74) is 1.46. The number of nitrogens with zero attached hydrogens (tertiary/aromatic N) is 1. The van der Waals surface area contributed by atoms with Crippen molar-refractivity contribution in [2.24, 2.45) is 5.92 Å². The predicted molar refractivity (Wildman–Crippen MR) is 131 cm³/mol. The summed E-state index contributed by atoms with van der Waals surface area (Å²) < 4.78 is 17.6. The van der Waals surface area contributed by atoms with Crippen LogP contribution >= 0.6 is 8.18 Å². The highest BCUT2D eigenvalue weighted by Gasteiger charge is 2.45. The number of carboxylic acids is 1. The number of hydrogen-bond acceptors (Lipinski definition) is 8. The summed E-state index contributed by atoms with van der Waals surface area (Å²) in [5, 5.41) is 43.2. The van der Waals surface area contributed by atoms with Crippen LogP contribution in [-0.2, 0) is 30.1 Å². The van der Waals surface area contributed by atoms with Crippen LogP contribution in [0.15, 0.2) is 30.5 Å². The van der Waals surface area contributed by atoms with Gasteiger partial charge in [-0.2, -0.15) is 0 Å². The van der Waals surface area contributed by atoms with Gasteiger partial charge in [0.05, 0.1) is 6.10 Å². The fraction of sp³-hybridized carbons (Fsp3) is 0.565. The summed E-state index contributed by atoms with van der Waals surface area (Å²) >= 11 is 0. The van der Waals surface area contributed by atoms with E-state index in [2.05, 4.69) is 10.3 Å². The normalized spacial score (nSPS) is 26.8. The van der Waals surface area contributed by atoms with E-state index in [4.69, 9.17) is 9.57 Å². The van der Waals surface area contributed by atoms with Gasteiger partial charge in [-0.25, -0.2) is 4.79 Å². The van der Waals surface area contributed by atoms with Crippen LogP contribution in [0.2, 0.25) is 0 Å². The smallest absolute Gasteiger partial charge is 0.326 e. The Morgan fingerprint density at radius 1 is 1.19 bits per heavy atom. The second-order valence-corrected chi connectivity index (χ2v) is 10.5. The van der Waals surface area contributed by atoms with E-state index in [1.54, 1.807) is 26.1 Å². The lowest BCUT2D eigenvalue weighted by Crippen LogP contribution is -2.59. The Bertz CT molecular complexity index is 1110. The number of fused-ring (bicyclic) bond motifs is 1. The largest absolute Gasteiger partial charge is 0.480 e. The van der Waals surface area contributed by atoms with Crippen LogP contribution in [0.1, 0.15) is 32.8 Å². The highest BCUT2D eigenvalue weighted by atomic mass is 31.1. The number of aliphatic hydroxyl groups excluding tert-OH is 3. The summed E-state index contributed by atoms with van der Waals surface area (Å²) in [6.07, 6.45) is -5.94. The van der Waals surface area contributed by atoms with Crippen LogP contribution in [0.25, 0.3) is 10.9 Å². The fourth-order valence-electron chi connectivity index (χ4n) is 4.21. The topological polar surface area (TPSA) is 202 Å². The van der Waals surface area contributed by atoms with E-state index in [9.17, 15) is 39.5 Å². The first-order valence-corrected chi connectivity index (χ1v) is 13.2. The van der Waals surface area contributed by atoms with E-state index in [1.807, 2.05) is 18.2 Å². The number of amides is 1. The molecule has 0 saturated carbocycles. The Hall–Kier alpha value is -2.35. The number of aliphatic carboxylic acids is 1. The molecule has 1 fully saturated rings. The third kappa shape index (κ3) is 6.95. The van der Waals surface area contributed by atoms with Crippen molar-refractivity contribution in [2.75, 3.05) is 0 Å². The van der Waals surface area contributed by atoms with E-state index in [0.29, 0.717) is 10.4 Å². The van der Waals surface area contributed by atoms with Crippen molar-refractivity contribution in [1.82, 2.24) is 15.1 Å². The maximum atomic E-state index is 13.3. The van der Waals surface area contributed by atoms with Crippen molar-refractivity contribution >= 4 is 31.0 Å². The molecule has 1 aromatic heterocycles. The summed E-state index contributed by atoms with van der Waals surface area (Å²) in [5.74, 6) is -2.38. The highest BCUT2D eigenvalue weighted by molar-refractivity contribution is 7.35. The molecule has 2 heterocycles. The number of hydrogen-bond donors (Lipinski definition) is 7. The van der Waals surface area contributed by atoms with Gasteiger partial charge in [0.1, 0.15) is 30.4 Å². The number of hydroxylamine groups is 1. The van der Waals surface area contributed by atoms with Crippen molar-refractivity contribution in [2.45, 2.75) is 76.4 Å². The molecule has 13 nitrogen and oxygen atoms in total. The summed E-state index contributed by atoms with van der Waals surface area (Å²) in [6, 6.07) is 4.49. The number of rotatable bonds is 11. The van der Waals surface area contributed by atoms with E-state index >= 15 is 0 Å². The second kappa shape index (κ2) is 12.5. The number of carboxylic acid groups (broad SMARTS) is 1.